The van der Waals surface area contributed by atoms with E-state index in [-0.39, 0.29) is 16.6 Å². The van der Waals surface area contributed by atoms with Gasteiger partial charge in [0.05, 0.1) is 0 Å². The Morgan fingerprint density at radius 3 is 2.52 bits per heavy atom. The van der Waals surface area contributed by atoms with Crippen molar-refractivity contribution < 1.29 is 9.28 Å². The van der Waals surface area contributed by atoms with E-state index in [1.54, 1.807) is 23.3 Å². The molecule has 1 amide bonds. The van der Waals surface area contributed by atoms with Crippen molar-refractivity contribution >= 4 is 12.4 Å². The van der Waals surface area contributed by atoms with Gasteiger partial charge < -0.3 is 0 Å². The minimum atomic E-state index is 0.000744. The smallest absolute Gasteiger partial charge is 0.245 e. The fourth-order valence-electron chi connectivity index (χ4n) is 2.92. The van der Waals surface area contributed by atoms with Crippen LogP contribution in [0.5, 0.6) is 0 Å². The predicted octanol–water partition coefficient (Wildman–Crippen LogP) is 3.93. The van der Waals surface area contributed by atoms with Crippen molar-refractivity contribution in [3.05, 3.63) is 30.1 Å². The summed E-state index contributed by atoms with van der Waals surface area (Å²) >= 11 is 0. The number of quaternary nitrogens is 1. The third kappa shape index (κ3) is 2.58. The van der Waals surface area contributed by atoms with E-state index in [0.717, 1.165) is 37.1 Å². The van der Waals surface area contributed by atoms with Crippen LogP contribution in [0.25, 0.3) is 0 Å². The topological polar surface area (TPSA) is 47.2 Å². The van der Waals surface area contributed by atoms with Gasteiger partial charge in [-0.2, -0.15) is 4.48 Å². The van der Waals surface area contributed by atoms with E-state index in [1.807, 2.05) is 6.34 Å². The molecule has 1 atom stereocenters. The summed E-state index contributed by atoms with van der Waals surface area (Å²) in [4.78, 5) is 21.7. The lowest BCUT2D eigenvalue weighted by atomic mass is 10.1. The van der Waals surface area contributed by atoms with Crippen LogP contribution in [0.15, 0.2) is 35.1 Å². The molecule has 0 spiro atoms. The van der Waals surface area contributed by atoms with Crippen molar-refractivity contribution in [1.82, 2.24) is 9.55 Å². The van der Waals surface area contributed by atoms with Gasteiger partial charge in [0.2, 0.25) is 6.34 Å². The molecule has 1 aromatic rings. The standard InChI is InChI=1S/C16H25N4O/c1-5-7-14-15(8-6-2)20(12-18-14,13(3)4)16(21)19-10-9-17-11-19/h9-13H,5-8H2,1-4H3/q+1. The highest BCUT2D eigenvalue weighted by molar-refractivity contribution is 5.81. The van der Waals surface area contributed by atoms with Gasteiger partial charge in [-0.1, -0.05) is 20.3 Å². The number of rotatable bonds is 5. The van der Waals surface area contributed by atoms with Crippen LogP contribution in [-0.4, -0.2) is 32.4 Å². The van der Waals surface area contributed by atoms with E-state index >= 15 is 0 Å². The Labute approximate surface area is 126 Å². The molecule has 114 valence electrons. The molecule has 0 aliphatic carbocycles. The molecule has 21 heavy (non-hydrogen) atoms. The quantitative estimate of drug-likeness (QED) is 0.771. The average molecular weight is 289 g/mol. The number of allylic oxidation sites excluding steroid dienone is 2. The Balaban J connectivity index is 2.52. The average Bonchev–Trinajstić information content (AvgIpc) is 3.08. The lowest BCUT2D eigenvalue weighted by molar-refractivity contribution is -0.734. The summed E-state index contributed by atoms with van der Waals surface area (Å²) in [6.07, 6.45) is 10.6. The molecule has 0 aromatic carbocycles. The summed E-state index contributed by atoms with van der Waals surface area (Å²) < 4.78 is 1.76. The summed E-state index contributed by atoms with van der Waals surface area (Å²) in [5.41, 5.74) is 2.23. The number of hydrogen-bond acceptors (Lipinski definition) is 3. The molecule has 0 saturated carbocycles. The highest BCUT2D eigenvalue weighted by Crippen LogP contribution is 2.35. The summed E-state index contributed by atoms with van der Waals surface area (Å²) in [6.45, 7) is 8.44. The zero-order valence-electron chi connectivity index (χ0n) is 13.4. The van der Waals surface area contributed by atoms with E-state index in [2.05, 4.69) is 37.7 Å². The molecular weight excluding hydrogens is 264 g/mol. The second-order valence-corrected chi connectivity index (χ2v) is 5.76. The number of aliphatic imine (C=N–C) groups is 1. The van der Waals surface area contributed by atoms with Crippen LogP contribution in [0, 0.1) is 0 Å². The Morgan fingerprint density at radius 1 is 1.29 bits per heavy atom. The number of aromatic nitrogens is 2. The third-order valence-corrected chi connectivity index (χ3v) is 4.01. The number of hydrogen-bond donors (Lipinski definition) is 0. The van der Waals surface area contributed by atoms with Gasteiger partial charge in [0.25, 0.3) is 0 Å². The van der Waals surface area contributed by atoms with Crippen LogP contribution in [0.1, 0.15) is 53.4 Å². The third-order valence-electron chi connectivity index (χ3n) is 4.01. The number of amides is 1. The fourth-order valence-corrected chi connectivity index (χ4v) is 2.92. The van der Waals surface area contributed by atoms with Crippen molar-refractivity contribution in [1.29, 1.82) is 0 Å². The first-order chi connectivity index (χ1) is 10.1. The summed E-state index contributed by atoms with van der Waals surface area (Å²) in [5, 5.41) is 0. The second-order valence-electron chi connectivity index (χ2n) is 5.76. The largest absolute Gasteiger partial charge is 0.439 e. The van der Waals surface area contributed by atoms with Crippen LogP contribution in [0.3, 0.4) is 0 Å². The monoisotopic (exact) mass is 289 g/mol. The predicted molar refractivity (Wildman–Crippen MR) is 83.8 cm³/mol. The number of carbonyl (C=O) groups is 1. The van der Waals surface area contributed by atoms with Gasteiger partial charge in [-0.15, -0.1) is 0 Å². The van der Waals surface area contributed by atoms with E-state index in [9.17, 15) is 4.79 Å². The molecule has 0 saturated heterocycles. The van der Waals surface area contributed by atoms with Crippen LogP contribution in [-0.2, 0) is 0 Å². The maximum absolute atomic E-state index is 13.1. The lowest BCUT2D eigenvalue weighted by Gasteiger charge is -2.33. The van der Waals surface area contributed by atoms with E-state index < -0.39 is 0 Å². The maximum atomic E-state index is 13.1. The number of imidazole rings is 1. The zero-order chi connectivity index (χ0) is 15.5. The first-order valence-electron chi connectivity index (χ1n) is 7.77. The van der Waals surface area contributed by atoms with Crippen molar-refractivity contribution in [2.75, 3.05) is 0 Å². The van der Waals surface area contributed by atoms with E-state index in [1.165, 1.54) is 0 Å². The van der Waals surface area contributed by atoms with Gasteiger partial charge >= 0.3 is 6.03 Å². The summed E-state index contributed by atoms with van der Waals surface area (Å²) in [7, 11) is 0. The van der Waals surface area contributed by atoms with Gasteiger partial charge in [-0.3, -0.25) is 0 Å². The van der Waals surface area contributed by atoms with Crippen LogP contribution in [0.4, 0.5) is 4.79 Å². The van der Waals surface area contributed by atoms with Gasteiger partial charge in [0.15, 0.2) is 0 Å². The van der Waals surface area contributed by atoms with E-state index in [4.69, 9.17) is 0 Å². The molecule has 1 aliphatic heterocycles. The van der Waals surface area contributed by atoms with Crippen molar-refractivity contribution in [2.24, 2.45) is 4.99 Å². The molecule has 2 rings (SSSR count). The highest BCUT2D eigenvalue weighted by Gasteiger charge is 2.48. The molecule has 1 aromatic heterocycles. The summed E-state index contributed by atoms with van der Waals surface area (Å²) in [6, 6.07) is 0.111. The van der Waals surface area contributed by atoms with Crippen molar-refractivity contribution in [3.8, 4) is 0 Å². The molecule has 0 bridgehead atoms. The fraction of sp³-hybridized carbons (Fsp3) is 0.562. The first kappa shape index (κ1) is 15.6. The van der Waals surface area contributed by atoms with Gasteiger partial charge in [-0.25, -0.2) is 19.3 Å². The summed E-state index contributed by atoms with van der Waals surface area (Å²) in [5.74, 6) is 0. The number of nitrogens with zero attached hydrogens (tertiary/aromatic N) is 4. The second kappa shape index (κ2) is 6.35. The Bertz CT molecular complexity index is 557. The van der Waals surface area contributed by atoms with Crippen LogP contribution >= 0.6 is 0 Å². The minimum absolute atomic E-state index is 0.000744. The Morgan fingerprint density at radius 2 is 2.00 bits per heavy atom. The molecule has 1 aliphatic rings. The molecular formula is C16H25N4O+. The van der Waals surface area contributed by atoms with Gasteiger partial charge in [0, 0.05) is 18.8 Å². The van der Waals surface area contributed by atoms with Crippen LogP contribution in [0.2, 0.25) is 0 Å². The molecule has 0 radical (unpaired) electrons. The Hall–Kier alpha value is -1.75. The maximum Gasteiger partial charge on any atom is 0.439 e. The van der Waals surface area contributed by atoms with Gasteiger partial charge in [-0.05, 0) is 26.7 Å². The lowest BCUT2D eigenvalue weighted by Crippen LogP contribution is -2.55. The zero-order valence-corrected chi connectivity index (χ0v) is 13.4. The van der Waals surface area contributed by atoms with E-state index in [0.29, 0.717) is 0 Å². The molecule has 1 unspecified atom stereocenters. The van der Waals surface area contributed by atoms with Crippen molar-refractivity contribution in [2.45, 2.75) is 59.4 Å². The Kier molecular flexibility index (Phi) is 4.73. The molecule has 5 heteroatoms. The van der Waals surface area contributed by atoms with Crippen molar-refractivity contribution in [3.63, 3.8) is 0 Å². The molecule has 5 nitrogen and oxygen atoms in total. The molecule has 0 N–H and O–H groups in total. The molecule has 0 fully saturated rings. The normalized spacial score (nSPS) is 21.6. The SMILES string of the molecule is CCCC1=C(CCC)[N+](C(=O)n2ccnc2)(C(C)C)C=N1. The highest BCUT2D eigenvalue weighted by atomic mass is 16.2. The first-order valence-corrected chi connectivity index (χ1v) is 7.77. The van der Waals surface area contributed by atoms with Crippen LogP contribution < -0.4 is 0 Å². The number of carbonyl (C=O) groups excluding carboxylic acids is 1. The molecule has 2 heterocycles. The van der Waals surface area contributed by atoms with Gasteiger partial charge in [0.1, 0.15) is 23.8 Å². The minimum Gasteiger partial charge on any atom is -0.245 e.